The van der Waals surface area contributed by atoms with Gasteiger partial charge in [-0.1, -0.05) is 48.0 Å². The molecule has 0 spiro atoms. The number of benzene rings is 3. The van der Waals surface area contributed by atoms with Crippen LogP contribution in [0.25, 0.3) is 5.57 Å². The Balaban J connectivity index is 1.18. The van der Waals surface area contributed by atoms with E-state index in [1.807, 2.05) is 59.7 Å². The van der Waals surface area contributed by atoms with Crippen LogP contribution in [0.2, 0.25) is 5.02 Å². The molecule has 8 nitrogen and oxygen atoms in total. The Morgan fingerprint density at radius 3 is 2.45 bits per heavy atom. The highest BCUT2D eigenvalue weighted by atomic mass is 35.5. The highest BCUT2D eigenvalue weighted by Gasteiger charge is 2.32. The van der Waals surface area contributed by atoms with Crippen molar-refractivity contribution in [3.8, 4) is 11.8 Å². The Kier molecular flexibility index (Phi) is 7.94. The number of aliphatic carboxylic acids is 1. The molecule has 200 valence electrons. The van der Waals surface area contributed by atoms with Crippen molar-refractivity contribution >= 4 is 34.9 Å². The van der Waals surface area contributed by atoms with E-state index in [4.69, 9.17) is 21.6 Å². The zero-order chi connectivity index (χ0) is 28.1. The number of aliphatic imine (C=N–C) groups is 1. The minimum absolute atomic E-state index is 0.116. The molecule has 2 aliphatic rings. The summed E-state index contributed by atoms with van der Waals surface area (Å²) in [6.45, 7) is 0.672. The quantitative estimate of drug-likeness (QED) is 0.401. The van der Waals surface area contributed by atoms with Gasteiger partial charge in [0, 0.05) is 17.6 Å². The third kappa shape index (κ3) is 6.40. The van der Waals surface area contributed by atoms with Gasteiger partial charge in [-0.25, -0.2) is 4.79 Å². The van der Waals surface area contributed by atoms with Crippen molar-refractivity contribution in [1.29, 1.82) is 5.26 Å². The van der Waals surface area contributed by atoms with Crippen LogP contribution in [0.3, 0.4) is 0 Å². The SMILES string of the molecule is N#Cc1ccc(COc2ccc(CC(NC(=O)C3CN4C=CC(c5ccc(Cl)cc5)=CC4=N3)C(=O)O)cc2)cc1. The van der Waals surface area contributed by atoms with E-state index >= 15 is 0 Å². The van der Waals surface area contributed by atoms with Crippen LogP contribution >= 0.6 is 11.6 Å². The van der Waals surface area contributed by atoms with Gasteiger partial charge in [0.2, 0.25) is 5.91 Å². The zero-order valence-electron chi connectivity index (χ0n) is 21.3. The second-order valence-corrected chi connectivity index (χ2v) is 9.86. The largest absolute Gasteiger partial charge is 0.489 e. The molecule has 0 saturated heterocycles. The Morgan fingerprint density at radius 1 is 1.07 bits per heavy atom. The maximum Gasteiger partial charge on any atom is 0.326 e. The molecule has 0 aliphatic carbocycles. The van der Waals surface area contributed by atoms with E-state index in [1.165, 1.54) is 0 Å². The number of rotatable bonds is 9. The standard InChI is InChI=1S/C31H25ClN4O4/c32-25-9-7-23(8-10-25)24-13-14-36-18-28(34-29(36)16-24)30(37)35-27(31(38)39)15-20-5-11-26(12-6-20)40-19-22-3-1-21(17-33)2-4-22/h1-14,16,27-28H,15,18-19H2,(H,35,37)(H,38,39). The minimum Gasteiger partial charge on any atom is -0.489 e. The number of hydrogen-bond donors (Lipinski definition) is 2. The average Bonchev–Trinajstić information content (AvgIpc) is 3.41. The van der Waals surface area contributed by atoms with Crippen LogP contribution in [0.1, 0.15) is 22.3 Å². The maximum absolute atomic E-state index is 13.0. The molecule has 2 atom stereocenters. The number of ether oxygens (including phenoxy) is 1. The lowest BCUT2D eigenvalue weighted by molar-refractivity contribution is -0.141. The topological polar surface area (TPSA) is 115 Å². The molecule has 0 bridgehead atoms. The summed E-state index contributed by atoms with van der Waals surface area (Å²) in [4.78, 5) is 31.4. The first-order valence-corrected chi connectivity index (χ1v) is 13.0. The molecule has 0 radical (unpaired) electrons. The van der Waals surface area contributed by atoms with Crippen molar-refractivity contribution in [1.82, 2.24) is 10.2 Å². The predicted molar refractivity (Wildman–Crippen MR) is 152 cm³/mol. The lowest BCUT2D eigenvalue weighted by Crippen LogP contribution is -2.47. The minimum atomic E-state index is -1.12. The fourth-order valence-corrected chi connectivity index (χ4v) is 4.53. The second kappa shape index (κ2) is 11.9. The summed E-state index contributed by atoms with van der Waals surface area (Å²) in [6.07, 6.45) is 5.83. The summed E-state index contributed by atoms with van der Waals surface area (Å²) < 4.78 is 5.79. The highest BCUT2D eigenvalue weighted by Crippen LogP contribution is 2.25. The van der Waals surface area contributed by atoms with E-state index in [9.17, 15) is 14.7 Å². The van der Waals surface area contributed by atoms with E-state index in [0.29, 0.717) is 35.3 Å². The molecule has 2 N–H and O–H groups in total. The Hall–Kier alpha value is -4.87. The lowest BCUT2D eigenvalue weighted by Gasteiger charge is -2.20. The summed E-state index contributed by atoms with van der Waals surface area (Å²) in [5.74, 6) is -0.285. The first-order valence-electron chi connectivity index (χ1n) is 12.6. The van der Waals surface area contributed by atoms with Crippen LogP contribution < -0.4 is 10.1 Å². The van der Waals surface area contributed by atoms with Gasteiger partial charge in [0.15, 0.2) is 0 Å². The number of amidine groups is 1. The molecular formula is C31H25ClN4O4. The van der Waals surface area contributed by atoms with Crippen LogP contribution in [0.5, 0.6) is 5.75 Å². The Bertz CT molecular complexity index is 1540. The monoisotopic (exact) mass is 552 g/mol. The Labute approximate surface area is 236 Å². The fraction of sp³-hybridized carbons (Fsp3) is 0.161. The number of hydrogen-bond acceptors (Lipinski definition) is 6. The molecule has 3 aromatic rings. The van der Waals surface area contributed by atoms with Gasteiger partial charge in [-0.2, -0.15) is 5.26 Å². The van der Waals surface area contributed by atoms with Gasteiger partial charge < -0.3 is 20.1 Å². The molecule has 0 saturated carbocycles. The van der Waals surface area contributed by atoms with Gasteiger partial charge in [0.05, 0.1) is 18.2 Å². The van der Waals surface area contributed by atoms with Crippen LogP contribution in [0, 0.1) is 11.3 Å². The van der Waals surface area contributed by atoms with E-state index in [2.05, 4.69) is 16.4 Å². The number of halogens is 1. The van der Waals surface area contributed by atoms with E-state index < -0.39 is 24.0 Å². The molecule has 2 heterocycles. The molecule has 9 heteroatoms. The molecule has 2 unspecified atom stereocenters. The van der Waals surface area contributed by atoms with Crippen molar-refractivity contribution in [3.63, 3.8) is 0 Å². The van der Waals surface area contributed by atoms with Gasteiger partial charge in [0.1, 0.15) is 30.3 Å². The first kappa shape index (κ1) is 26.7. The van der Waals surface area contributed by atoms with Crippen LogP contribution in [0.4, 0.5) is 0 Å². The number of nitriles is 1. The number of carbonyl (C=O) groups excluding carboxylic acids is 1. The summed E-state index contributed by atoms with van der Waals surface area (Å²) in [7, 11) is 0. The molecule has 2 aliphatic heterocycles. The molecule has 40 heavy (non-hydrogen) atoms. The molecular weight excluding hydrogens is 528 g/mol. The number of amides is 1. The van der Waals surface area contributed by atoms with Crippen molar-refractivity contribution in [2.45, 2.75) is 25.1 Å². The van der Waals surface area contributed by atoms with Gasteiger partial charge in [0.25, 0.3) is 0 Å². The van der Waals surface area contributed by atoms with Crippen molar-refractivity contribution in [3.05, 3.63) is 118 Å². The van der Waals surface area contributed by atoms with E-state index in [0.717, 1.165) is 22.3 Å². The number of nitrogens with zero attached hydrogens (tertiary/aromatic N) is 3. The van der Waals surface area contributed by atoms with Crippen LogP contribution in [-0.2, 0) is 22.6 Å². The number of carboxylic acid groups (broad SMARTS) is 1. The first-order chi connectivity index (χ1) is 19.4. The second-order valence-electron chi connectivity index (χ2n) is 9.42. The molecule has 1 amide bonds. The molecule has 3 aromatic carbocycles. The molecule has 0 aromatic heterocycles. The summed E-state index contributed by atoms with van der Waals surface area (Å²) in [6, 6.07) is 21.9. The van der Waals surface area contributed by atoms with Gasteiger partial charge >= 0.3 is 5.97 Å². The van der Waals surface area contributed by atoms with Gasteiger partial charge in [-0.05, 0) is 70.8 Å². The third-order valence-corrected chi connectivity index (χ3v) is 6.87. The summed E-state index contributed by atoms with van der Waals surface area (Å²) in [5, 5.41) is 22.0. The average molecular weight is 553 g/mol. The number of fused-ring (bicyclic) bond motifs is 1. The van der Waals surface area contributed by atoms with Crippen LogP contribution in [0.15, 0.2) is 96.1 Å². The van der Waals surface area contributed by atoms with Crippen molar-refractivity contribution < 1.29 is 19.4 Å². The normalized spacial score (nSPS) is 16.3. The fourth-order valence-electron chi connectivity index (χ4n) is 4.40. The smallest absolute Gasteiger partial charge is 0.326 e. The summed E-state index contributed by atoms with van der Waals surface area (Å²) in [5.41, 5.74) is 4.18. The van der Waals surface area contributed by atoms with Crippen molar-refractivity contribution in [2.75, 3.05) is 6.54 Å². The summed E-state index contributed by atoms with van der Waals surface area (Å²) >= 11 is 5.99. The van der Waals surface area contributed by atoms with E-state index in [-0.39, 0.29) is 6.42 Å². The lowest BCUT2D eigenvalue weighted by atomic mass is 10.0. The maximum atomic E-state index is 13.0. The Morgan fingerprint density at radius 2 is 1.77 bits per heavy atom. The molecule has 5 rings (SSSR count). The van der Waals surface area contributed by atoms with Gasteiger partial charge in [-0.15, -0.1) is 0 Å². The van der Waals surface area contributed by atoms with Gasteiger partial charge in [-0.3, -0.25) is 9.79 Å². The van der Waals surface area contributed by atoms with Crippen molar-refractivity contribution in [2.24, 2.45) is 4.99 Å². The number of carbonyl (C=O) groups is 2. The zero-order valence-corrected chi connectivity index (χ0v) is 22.1. The number of nitrogens with one attached hydrogen (secondary N) is 1. The molecule has 0 fully saturated rings. The van der Waals surface area contributed by atoms with E-state index in [1.54, 1.807) is 36.4 Å². The number of carboxylic acids is 1. The highest BCUT2D eigenvalue weighted by molar-refractivity contribution is 6.30. The number of allylic oxidation sites excluding steroid dienone is 2. The predicted octanol–water partition coefficient (Wildman–Crippen LogP) is 4.60. The van der Waals surface area contributed by atoms with Crippen LogP contribution in [-0.4, -0.2) is 46.3 Å². The third-order valence-electron chi connectivity index (χ3n) is 6.62.